The van der Waals surface area contributed by atoms with Gasteiger partial charge in [0.2, 0.25) is 0 Å². The van der Waals surface area contributed by atoms with Gasteiger partial charge in [-0.15, -0.1) is 0 Å². The van der Waals surface area contributed by atoms with E-state index in [2.05, 4.69) is 0 Å². The lowest BCUT2D eigenvalue weighted by atomic mass is 9.83. The number of hydrogen-bond donors (Lipinski definition) is 0. The van der Waals surface area contributed by atoms with Crippen molar-refractivity contribution < 1.29 is 56.8 Å². The Morgan fingerprint density at radius 1 is 0.740 bits per heavy atom. The molecule has 0 atom stereocenters. The van der Waals surface area contributed by atoms with Crippen LogP contribution in [0.1, 0.15) is 26.3 Å². The number of amides is 1. The molecule has 12 nitrogen and oxygen atoms in total. The van der Waals surface area contributed by atoms with Crippen LogP contribution in [0, 0.1) is 5.82 Å². The van der Waals surface area contributed by atoms with Gasteiger partial charge in [0.25, 0.3) is 5.91 Å². The van der Waals surface area contributed by atoms with Crippen molar-refractivity contribution in [1.29, 1.82) is 0 Å². The fourth-order valence-corrected chi connectivity index (χ4v) is 10.8. The molecule has 0 saturated heterocycles. The Morgan fingerprint density at radius 3 is 1.82 bits per heavy atom. The molecule has 0 aliphatic carbocycles. The highest BCUT2D eigenvalue weighted by Gasteiger charge is 2.62. The van der Waals surface area contributed by atoms with Crippen LogP contribution in [-0.2, 0) is 42.9 Å². The smallest absolute Gasteiger partial charge is 0.345 e. The molecule has 1 amide bonds. The summed E-state index contributed by atoms with van der Waals surface area (Å²) >= 11 is 2.55. The van der Waals surface area contributed by atoms with Crippen molar-refractivity contribution in [2.24, 2.45) is 0 Å². The summed E-state index contributed by atoms with van der Waals surface area (Å²) in [5, 5.41) is 0. The highest BCUT2D eigenvalue weighted by molar-refractivity contribution is 8.26. The molecule has 0 bridgehead atoms. The minimum Gasteiger partial charge on any atom is -0.494 e. The summed E-state index contributed by atoms with van der Waals surface area (Å²) in [7, 11) is 4.57. The number of anilines is 1. The van der Waals surface area contributed by atoms with Crippen LogP contribution in [0.4, 0.5) is 10.1 Å². The molecule has 3 heterocycles. The maximum atomic E-state index is 14.2. The van der Waals surface area contributed by atoms with Gasteiger partial charge in [0.15, 0.2) is 6.61 Å². The topological polar surface area (TPSA) is 144 Å². The molecule has 3 aliphatic rings. The normalized spacial score (nSPS) is 17.2. The molecule has 5 rings (SSSR count). The fourth-order valence-electron chi connectivity index (χ4n) is 5.74. The number of hydrogen-bond acceptors (Lipinski definition) is 14. The van der Waals surface area contributed by atoms with E-state index in [0.717, 1.165) is 63.7 Å². The second-order valence-electron chi connectivity index (χ2n) is 11.1. The molecule has 0 aromatic heterocycles. The Kier molecular flexibility index (Phi) is 10.6. The molecule has 50 heavy (non-hydrogen) atoms. The van der Waals surface area contributed by atoms with E-state index in [1.807, 2.05) is 0 Å². The van der Waals surface area contributed by atoms with Crippen LogP contribution in [0.5, 0.6) is 11.5 Å². The van der Waals surface area contributed by atoms with Gasteiger partial charge in [-0.2, -0.15) is 0 Å². The third-order valence-electron chi connectivity index (χ3n) is 7.85. The molecule has 0 N–H and O–H groups in total. The Hall–Kier alpha value is -4.41. The van der Waals surface area contributed by atoms with E-state index in [1.165, 1.54) is 29.2 Å². The molecule has 3 aliphatic heterocycles. The lowest BCUT2D eigenvalue weighted by Crippen LogP contribution is -2.55. The maximum absolute atomic E-state index is 14.2. The van der Waals surface area contributed by atoms with E-state index in [0.29, 0.717) is 34.1 Å². The van der Waals surface area contributed by atoms with E-state index in [-0.39, 0.29) is 26.0 Å². The van der Waals surface area contributed by atoms with Crippen LogP contribution in [0.25, 0.3) is 5.57 Å². The Bertz CT molecular complexity index is 1860. The van der Waals surface area contributed by atoms with E-state index >= 15 is 0 Å². The highest BCUT2D eigenvalue weighted by atomic mass is 32.2. The summed E-state index contributed by atoms with van der Waals surface area (Å²) in [4.78, 5) is 69.5. The molecular weight excluding hydrogens is 714 g/mol. The molecule has 0 fully saturated rings. The van der Waals surface area contributed by atoms with Crippen LogP contribution in [0.15, 0.2) is 67.7 Å². The third-order valence-corrected chi connectivity index (χ3v) is 12.5. The van der Waals surface area contributed by atoms with E-state index in [1.54, 1.807) is 39.0 Å². The van der Waals surface area contributed by atoms with Crippen molar-refractivity contribution in [3.8, 4) is 11.5 Å². The van der Waals surface area contributed by atoms with Crippen LogP contribution in [-0.4, -0.2) is 81.1 Å². The zero-order valence-electron chi connectivity index (χ0n) is 28.0. The number of benzene rings is 2. The van der Waals surface area contributed by atoms with Crippen LogP contribution in [0.2, 0.25) is 0 Å². The number of methoxy groups -OCH3 is 4. The van der Waals surface area contributed by atoms with Gasteiger partial charge in [0.1, 0.15) is 36.1 Å². The maximum Gasteiger partial charge on any atom is 0.345 e. The summed E-state index contributed by atoms with van der Waals surface area (Å²) in [6.07, 6.45) is 0. The molecule has 264 valence electrons. The summed E-state index contributed by atoms with van der Waals surface area (Å²) in [6.45, 7) is 5.14. The van der Waals surface area contributed by atoms with Crippen molar-refractivity contribution in [2.75, 3.05) is 46.6 Å². The zero-order chi connectivity index (χ0) is 36.5. The summed E-state index contributed by atoms with van der Waals surface area (Å²) in [5.41, 5.74) is -0.293. The van der Waals surface area contributed by atoms with Crippen LogP contribution in [0.3, 0.4) is 0 Å². The monoisotopic (exact) mass is 745 g/mol. The van der Waals surface area contributed by atoms with Gasteiger partial charge in [-0.25, -0.2) is 23.6 Å². The molecule has 0 radical (unpaired) electrons. The highest BCUT2D eigenvalue weighted by Crippen LogP contribution is 2.71. The molecule has 0 unspecified atom stereocenters. The SMILES string of the molecule is CCOc1ccc2c(c1)C1=C(SC(C(=O)OC)=C(C(=O)OC)C13SC(C(=O)OC)=C(C(=O)OC)S3)C(C)(C)N2C(=O)COc1ccc(F)cc1. The fraction of sp³-hybridized carbons (Fsp3) is 0.324. The zero-order valence-corrected chi connectivity index (χ0v) is 30.4. The van der Waals surface area contributed by atoms with Gasteiger partial charge < -0.3 is 28.4 Å². The molecule has 2 aromatic rings. The first-order chi connectivity index (χ1) is 23.8. The summed E-state index contributed by atoms with van der Waals surface area (Å²) in [6, 6.07) is 10.2. The second-order valence-corrected chi connectivity index (χ2v) is 14.8. The quantitative estimate of drug-likeness (QED) is 0.244. The number of ether oxygens (including phenoxy) is 6. The Morgan fingerprint density at radius 2 is 1.28 bits per heavy atom. The second kappa shape index (κ2) is 14.4. The number of fused-ring (bicyclic) bond motifs is 3. The van der Waals surface area contributed by atoms with Gasteiger partial charge in [0, 0.05) is 16.0 Å². The first-order valence-electron chi connectivity index (χ1n) is 14.9. The summed E-state index contributed by atoms with van der Waals surface area (Å²) in [5.74, 6) is -3.86. The number of thioether (sulfide) groups is 3. The van der Waals surface area contributed by atoms with Crippen molar-refractivity contribution in [3.05, 3.63) is 79.0 Å². The standard InChI is InChI=1S/C34H32FNO11S3/c1-8-46-19-13-14-21-20(15-19)23-28(33(2,3)36(21)22(37)16-47-18-11-9-17(35)10-12-18)48-25(30(39)43-5)24(29(38)42-4)34(23)49-26(31(40)44-6)27(50-34)32(41)45-7/h9-15H,8,16H2,1-7H3. The van der Waals surface area contributed by atoms with Crippen molar-refractivity contribution in [1.82, 2.24) is 0 Å². The van der Waals surface area contributed by atoms with E-state index < -0.39 is 51.8 Å². The molecular formula is C34H32FNO11S3. The van der Waals surface area contributed by atoms with Crippen LogP contribution < -0.4 is 14.4 Å². The third kappa shape index (κ3) is 6.24. The van der Waals surface area contributed by atoms with Gasteiger partial charge in [-0.1, -0.05) is 35.3 Å². The van der Waals surface area contributed by atoms with Gasteiger partial charge in [-0.05, 0) is 63.2 Å². The summed E-state index contributed by atoms with van der Waals surface area (Å²) < 4.78 is 43.8. The minimum absolute atomic E-state index is 0.166. The molecule has 2 aromatic carbocycles. The molecule has 0 saturated carbocycles. The predicted molar refractivity (Wildman–Crippen MR) is 186 cm³/mol. The first-order valence-corrected chi connectivity index (χ1v) is 17.4. The largest absolute Gasteiger partial charge is 0.494 e. The lowest BCUT2D eigenvalue weighted by Gasteiger charge is -2.50. The minimum atomic E-state index is -1.75. The molecule has 1 spiro atoms. The number of carbonyl (C=O) groups is 5. The van der Waals surface area contributed by atoms with Crippen molar-refractivity contribution in [3.63, 3.8) is 0 Å². The van der Waals surface area contributed by atoms with Gasteiger partial charge in [0.05, 0.1) is 51.8 Å². The van der Waals surface area contributed by atoms with Gasteiger partial charge in [-0.3, -0.25) is 9.69 Å². The Labute approximate surface area is 299 Å². The average molecular weight is 746 g/mol. The number of halogens is 1. The number of esters is 4. The van der Waals surface area contributed by atoms with Gasteiger partial charge >= 0.3 is 23.9 Å². The average Bonchev–Trinajstić information content (AvgIpc) is 3.50. The predicted octanol–water partition coefficient (Wildman–Crippen LogP) is 5.22. The lowest BCUT2D eigenvalue weighted by molar-refractivity contribution is -0.138. The van der Waals surface area contributed by atoms with E-state index in [9.17, 15) is 28.4 Å². The number of nitrogens with zero attached hydrogens (tertiary/aromatic N) is 1. The number of rotatable bonds is 9. The van der Waals surface area contributed by atoms with Crippen molar-refractivity contribution in [2.45, 2.75) is 30.4 Å². The Balaban J connectivity index is 1.80. The number of carbonyl (C=O) groups excluding carboxylic acids is 5. The molecule has 16 heteroatoms. The van der Waals surface area contributed by atoms with Crippen molar-refractivity contribution >= 4 is 76.3 Å². The first kappa shape index (κ1) is 36.9. The van der Waals surface area contributed by atoms with Crippen LogP contribution >= 0.6 is 35.3 Å². The van der Waals surface area contributed by atoms with E-state index in [4.69, 9.17) is 28.4 Å².